The monoisotopic (exact) mass is 686 g/mol. The standard InChI is InChI=1S/C44H79NO4/c1-3-5-7-9-11-13-15-17-19-21-23-25-27-29-31-33-35-41(44(46)49-43-39-37-42(38-40-43)45(47)48)36-34-32-30-28-26-24-22-20-18-16-14-12-10-8-6-4-2/h37-41H,3-36H2,1-2H3. The van der Waals surface area contributed by atoms with E-state index < -0.39 is 4.92 Å². The molecule has 0 bridgehead atoms. The third kappa shape index (κ3) is 28.5. The van der Waals surface area contributed by atoms with Gasteiger partial charge in [0.15, 0.2) is 0 Å². The summed E-state index contributed by atoms with van der Waals surface area (Å²) in [6, 6.07) is 5.89. The number of nitro groups is 1. The maximum Gasteiger partial charge on any atom is 0.314 e. The molecule has 0 amide bonds. The van der Waals surface area contributed by atoms with Crippen molar-refractivity contribution in [2.75, 3.05) is 0 Å². The summed E-state index contributed by atoms with van der Waals surface area (Å²) in [5, 5.41) is 11.0. The maximum atomic E-state index is 13.2. The second kappa shape index (κ2) is 34.5. The molecule has 1 rings (SSSR count). The van der Waals surface area contributed by atoms with Crippen molar-refractivity contribution in [2.45, 2.75) is 232 Å². The van der Waals surface area contributed by atoms with Crippen molar-refractivity contribution in [2.24, 2.45) is 5.92 Å². The number of hydrogen-bond acceptors (Lipinski definition) is 4. The molecule has 284 valence electrons. The smallest absolute Gasteiger partial charge is 0.314 e. The van der Waals surface area contributed by atoms with Crippen molar-refractivity contribution in [1.29, 1.82) is 0 Å². The first-order valence-electron chi connectivity index (χ1n) is 21.5. The van der Waals surface area contributed by atoms with Crippen LogP contribution < -0.4 is 4.74 Å². The molecule has 0 fully saturated rings. The predicted octanol–water partition coefficient (Wildman–Crippen LogP) is 15.4. The fraction of sp³-hybridized carbons (Fsp3) is 0.841. The van der Waals surface area contributed by atoms with E-state index in [0.717, 1.165) is 25.7 Å². The summed E-state index contributed by atoms with van der Waals surface area (Å²) >= 11 is 0. The fourth-order valence-electron chi connectivity index (χ4n) is 7.09. The molecule has 49 heavy (non-hydrogen) atoms. The van der Waals surface area contributed by atoms with Crippen molar-refractivity contribution >= 4 is 11.7 Å². The molecule has 1 aromatic carbocycles. The van der Waals surface area contributed by atoms with Gasteiger partial charge in [0.25, 0.3) is 5.69 Å². The molecule has 0 spiro atoms. The van der Waals surface area contributed by atoms with Gasteiger partial charge in [0, 0.05) is 12.1 Å². The lowest BCUT2D eigenvalue weighted by atomic mass is 9.94. The Morgan fingerprint density at radius 1 is 0.490 bits per heavy atom. The Hall–Kier alpha value is -1.91. The lowest BCUT2D eigenvalue weighted by Gasteiger charge is -2.16. The van der Waals surface area contributed by atoms with Crippen LogP contribution in [0.1, 0.15) is 232 Å². The van der Waals surface area contributed by atoms with Crippen LogP contribution in [0.15, 0.2) is 24.3 Å². The molecule has 0 unspecified atom stereocenters. The normalized spacial score (nSPS) is 11.4. The Bertz CT molecular complexity index is 834. The highest BCUT2D eigenvalue weighted by Crippen LogP contribution is 2.24. The summed E-state index contributed by atoms with van der Waals surface area (Å²) in [6.07, 6.45) is 44.8. The van der Waals surface area contributed by atoms with E-state index in [1.54, 1.807) is 0 Å². The zero-order valence-corrected chi connectivity index (χ0v) is 32.5. The van der Waals surface area contributed by atoms with E-state index in [1.165, 1.54) is 217 Å². The first-order valence-corrected chi connectivity index (χ1v) is 21.5. The van der Waals surface area contributed by atoms with Crippen LogP contribution in [0.3, 0.4) is 0 Å². The van der Waals surface area contributed by atoms with Gasteiger partial charge >= 0.3 is 5.97 Å². The fourth-order valence-corrected chi connectivity index (χ4v) is 7.09. The molecule has 0 saturated carbocycles. The molecule has 0 aliphatic carbocycles. The minimum Gasteiger partial charge on any atom is -0.426 e. The summed E-state index contributed by atoms with van der Waals surface area (Å²) in [7, 11) is 0. The van der Waals surface area contributed by atoms with E-state index in [4.69, 9.17) is 4.74 Å². The number of ether oxygens (including phenoxy) is 1. The highest BCUT2D eigenvalue weighted by Gasteiger charge is 2.20. The Labute approximate surface area is 303 Å². The van der Waals surface area contributed by atoms with Crippen LogP contribution in [-0.4, -0.2) is 10.9 Å². The van der Waals surface area contributed by atoms with Gasteiger partial charge in [0.2, 0.25) is 0 Å². The van der Waals surface area contributed by atoms with Gasteiger partial charge in [0.1, 0.15) is 5.75 Å². The SMILES string of the molecule is CCCCCCCCCCCCCCCCCCC(CCCCCCCCCCCCCCCCCC)C(=O)Oc1ccc([N+](=O)[O-])cc1. The average Bonchev–Trinajstić information content (AvgIpc) is 3.10. The van der Waals surface area contributed by atoms with Crippen molar-refractivity contribution < 1.29 is 14.5 Å². The molecule has 0 saturated heterocycles. The minimum atomic E-state index is -0.428. The van der Waals surface area contributed by atoms with Crippen LogP contribution in [0.25, 0.3) is 0 Å². The van der Waals surface area contributed by atoms with Crippen LogP contribution in [-0.2, 0) is 4.79 Å². The number of carbonyl (C=O) groups is 1. The number of unbranched alkanes of at least 4 members (excludes halogenated alkanes) is 30. The van der Waals surface area contributed by atoms with Gasteiger partial charge in [-0.1, -0.05) is 219 Å². The van der Waals surface area contributed by atoms with Gasteiger partial charge in [-0.3, -0.25) is 14.9 Å². The number of benzene rings is 1. The van der Waals surface area contributed by atoms with E-state index in [-0.39, 0.29) is 17.6 Å². The third-order valence-corrected chi connectivity index (χ3v) is 10.4. The molecule has 0 heterocycles. The van der Waals surface area contributed by atoms with Gasteiger partial charge < -0.3 is 4.74 Å². The second-order valence-corrected chi connectivity index (χ2v) is 15.1. The number of rotatable bonds is 37. The van der Waals surface area contributed by atoms with Gasteiger partial charge in [-0.25, -0.2) is 0 Å². The average molecular weight is 686 g/mol. The summed E-state index contributed by atoms with van der Waals surface area (Å²) in [6.45, 7) is 4.57. The van der Waals surface area contributed by atoms with Crippen LogP contribution in [0.2, 0.25) is 0 Å². The summed E-state index contributed by atoms with van der Waals surface area (Å²) in [5.41, 5.74) is 0.0117. The number of esters is 1. The molecule has 0 aliphatic heterocycles. The largest absolute Gasteiger partial charge is 0.426 e. The highest BCUT2D eigenvalue weighted by molar-refractivity contribution is 5.75. The molecule has 5 nitrogen and oxygen atoms in total. The summed E-state index contributed by atoms with van der Waals surface area (Å²) in [5.74, 6) is 0.142. The topological polar surface area (TPSA) is 69.4 Å². The second-order valence-electron chi connectivity index (χ2n) is 15.1. The van der Waals surface area contributed by atoms with Gasteiger partial charge in [0.05, 0.1) is 10.8 Å². The van der Waals surface area contributed by atoms with E-state index in [2.05, 4.69) is 13.8 Å². The zero-order chi connectivity index (χ0) is 35.5. The molecule has 0 N–H and O–H groups in total. The Balaban J connectivity index is 2.19. The molecule has 5 heteroatoms. The minimum absolute atomic E-state index is 0.0117. The molecular formula is C44H79NO4. The van der Waals surface area contributed by atoms with Crippen LogP contribution in [0.5, 0.6) is 5.75 Å². The quantitative estimate of drug-likeness (QED) is 0.0230. The van der Waals surface area contributed by atoms with Crippen LogP contribution in [0, 0.1) is 16.0 Å². The molecular weight excluding hydrogens is 606 g/mol. The first kappa shape index (κ1) is 45.1. The van der Waals surface area contributed by atoms with Crippen LogP contribution >= 0.6 is 0 Å². The number of non-ortho nitro benzene ring substituents is 1. The van der Waals surface area contributed by atoms with E-state index in [1.807, 2.05) is 0 Å². The lowest BCUT2D eigenvalue weighted by molar-refractivity contribution is -0.384. The van der Waals surface area contributed by atoms with Crippen molar-refractivity contribution in [3.8, 4) is 5.75 Å². The van der Waals surface area contributed by atoms with E-state index in [9.17, 15) is 14.9 Å². The van der Waals surface area contributed by atoms with E-state index >= 15 is 0 Å². The Kier molecular flexibility index (Phi) is 31.8. The highest BCUT2D eigenvalue weighted by atomic mass is 16.6. The number of nitro benzene ring substituents is 1. The van der Waals surface area contributed by atoms with Crippen molar-refractivity contribution in [3.05, 3.63) is 34.4 Å². The van der Waals surface area contributed by atoms with Gasteiger partial charge in [-0.2, -0.15) is 0 Å². The predicted molar refractivity (Wildman–Crippen MR) is 211 cm³/mol. The maximum absolute atomic E-state index is 13.2. The van der Waals surface area contributed by atoms with Crippen molar-refractivity contribution in [3.63, 3.8) is 0 Å². The first-order chi connectivity index (χ1) is 24.1. The number of hydrogen-bond donors (Lipinski definition) is 0. The molecule has 0 atom stereocenters. The van der Waals surface area contributed by atoms with E-state index in [0.29, 0.717) is 5.75 Å². The van der Waals surface area contributed by atoms with Crippen LogP contribution in [0.4, 0.5) is 5.69 Å². The lowest BCUT2D eigenvalue weighted by Crippen LogP contribution is -2.21. The number of carbonyl (C=O) groups excluding carboxylic acids is 1. The Morgan fingerprint density at radius 2 is 0.755 bits per heavy atom. The molecule has 1 aromatic rings. The van der Waals surface area contributed by atoms with Gasteiger partial charge in [-0.05, 0) is 25.0 Å². The zero-order valence-electron chi connectivity index (χ0n) is 32.5. The van der Waals surface area contributed by atoms with Crippen molar-refractivity contribution in [1.82, 2.24) is 0 Å². The summed E-state index contributed by atoms with van der Waals surface area (Å²) in [4.78, 5) is 23.7. The molecule has 0 aliphatic rings. The third-order valence-electron chi connectivity index (χ3n) is 10.4. The summed E-state index contributed by atoms with van der Waals surface area (Å²) < 4.78 is 5.71. The Morgan fingerprint density at radius 3 is 1.02 bits per heavy atom. The molecule has 0 aromatic heterocycles. The van der Waals surface area contributed by atoms with Gasteiger partial charge in [-0.15, -0.1) is 0 Å². The number of nitrogens with zero attached hydrogens (tertiary/aromatic N) is 1. The molecule has 0 radical (unpaired) electrons.